The molecule has 2 aliphatic rings. The Morgan fingerprint density at radius 2 is 1.63 bits per heavy atom. The van der Waals surface area contributed by atoms with E-state index in [-0.39, 0.29) is 5.91 Å². The van der Waals surface area contributed by atoms with Crippen LogP contribution in [-0.2, 0) is 6.54 Å². The summed E-state index contributed by atoms with van der Waals surface area (Å²) in [7, 11) is 0. The van der Waals surface area contributed by atoms with Gasteiger partial charge in [-0.25, -0.2) is 4.39 Å². The maximum Gasteiger partial charge on any atom is 0.255 e. The molecule has 0 spiro atoms. The number of rotatable bonds is 7. The first-order valence-corrected chi connectivity index (χ1v) is 14.0. The van der Waals surface area contributed by atoms with E-state index in [4.69, 9.17) is 11.6 Å². The number of benzene rings is 3. The van der Waals surface area contributed by atoms with Gasteiger partial charge in [0.15, 0.2) is 0 Å². The molecule has 2 aliphatic heterocycles. The van der Waals surface area contributed by atoms with Gasteiger partial charge >= 0.3 is 0 Å². The van der Waals surface area contributed by atoms with E-state index in [9.17, 15) is 9.18 Å². The molecule has 3 aromatic carbocycles. The maximum atomic E-state index is 14.1. The van der Waals surface area contributed by atoms with Gasteiger partial charge in [0.05, 0.1) is 5.69 Å². The van der Waals surface area contributed by atoms with Crippen LogP contribution in [0.5, 0.6) is 0 Å². The normalized spacial score (nSPS) is 17.3. The number of anilines is 3. The molecule has 7 heteroatoms. The zero-order chi connectivity index (χ0) is 26.5. The monoisotopic (exact) mass is 534 g/mol. The van der Waals surface area contributed by atoms with Crippen LogP contribution in [0.25, 0.3) is 0 Å². The Bertz CT molecular complexity index is 1250. The van der Waals surface area contributed by atoms with E-state index in [1.165, 1.54) is 56.8 Å². The number of aryl methyl sites for hydroxylation is 1. The zero-order valence-corrected chi connectivity index (χ0v) is 22.7. The summed E-state index contributed by atoms with van der Waals surface area (Å²) in [5.74, 6) is -0.603. The lowest BCUT2D eigenvalue weighted by atomic mass is 9.99. The Hall–Kier alpha value is -2.93. The number of hydrogen-bond acceptors (Lipinski definition) is 4. The fourth-order valence-electron chi connectivity index (χ4n) is 5.56. The van der Waals surface area contributed by atoms with Crippen LogP contribution in [0.3, 0.4) is 0 Å². The number of carbonyl (C=O) groups excluding carboxylic acids is 1. The highest BCUT2D eigenvalue weighted by molar-refractivity contribution is 6.30. The second-order valence-electron chi connectivity index (χ2n) is 10.5. The van der Waals surface area contributed by atoms with Crippen LogP contribution in [0.4, 0.5) is 21.5 Å². The Balaban J connectivity index is 1.12. The van der Waals surface area contributed by atoms with Gasteiger partial charge in [-0.3, -0.25) is 9.69 Å². The highest BCUT2D eigenvalue weighted by Gasteiger charge is 2.25. The molecule has 5 rings (SSSR count). The van der Waals surface area contributed by atoms with E-state index in [1.807, 2.05) is 19.1 Å². The SMILES string of the molecule is Cc1cc(C(=O)Nc2ccc(CN3CCC(N4CCCCC4)CC3)cc2)ccc1Nc1ccc(Cl)cc1F. The molecule has 2 N–H and O–H groups in total. The summed E-state index contributed by atoms with van der Waals surface area (Å²) in [6.45, 7) is 7.69. The summed E-state index contributed by atoms with van der Waals surface area (Å²) < 4.78 is 14.1. The Labute approximate surface area is 230 Å². The van der Waals surface area contributed by atoms with Gasteiger partial charge in [-0.15, -0.1) is 0 Å². The molecule has 38 heavy (non-hydrogen) atoms. The zero-order valence-electron chi connectivity index (χ0n) is 22.0. The molecule has 0 aromatic heterocycles. The molecule has 3 aromatic rings. The van der Waals surface area contributed by atoms with E-state index in [2.05, 4.69) is 32.6 Å². The smallest absolute Gasteiger partial charge is 0.255 e. The maximum absolute atomic E-state index is 14.1. The number of piperidine rings is 2. The molecule has 0 radical (unpaired) electrons. The molecule has 5 nitrogen and oxygen atoms in total. The van der Waals surface area contributed by atoms with Crippen molar-refractivity contribution < 1.29 is 9.18 Å². The lowest BCUT2D eigenvalue weighted by molar-refractivity contribution is 0.0896. The third kappa shape index (κ3) is 6.73. The highest BCUT2D eigenvalue weighted by atomic mass is 35.5. The van der Waals surface area contributed by atoms with Crippen LogP contribution in [0.15, 0.2) is 60.7 Å². The van der Waals surface area contributed by atoms with Crippen molar-refractivity contribution in [3.63, 3.8) is 0 Å². The summed E-state index contributed by atoms with van der Waals surface area (Å²) >= 11 is 5.84. The van der Waals surface area contributed by atoms with E-state index >= 15 is 0 Å². The Morgan fingerprint density at radius 3 is 2.32 bits per heavy atom. The second-order valence-corrected chi connectivity index (χ2v) is 11.0. The number of carbonyl (C=O) groups is 1. The minimum atomic E-state index is -0.427. The number of nitrogens with one attached hydrogen (secondary N) is 2. The van der Waals surface area contributed by atoms with Gasteiger partial charge < -0.3 is 15.5 Å². The van der Waals surface area contributed by atoms with Gasteiger partial charge in [-0.1, -0.05) is 30.2 Å². The topological polar surface area (TPSA) is 47.6 Å². The molecule has 1 amide bonds. The third-order valence-corrected chi connectivity index (χ3v) is 8.01. The van der Waals surface area contributed by atoms with Crippen LogP contribution in [0.2, 0.25) is 5.02 Å². The van der Waals surface area contributed by atoms with Crippen LogP contribution in [0.1, 0.15) is 53.6 Å². The first-order valence-electron chi connectivity index (χ1n) is 13.6. The van der Waals surface area contributed by atoms with E-state index in [1.54, 1.807) is 30.3 Å². The molecule has 0 aliphatic carbocycles. The highest BCUT2D eigenvalue weighted by Crippen LogP contribution is 2.26. The van der Waals surface area contributed by atoms with Crippen molar-refractivity contribution in [3.8, 4) is 0 Å². The summed E-state index contributed by atoms with van der Waals surface area (Å²) in [6, 6.07) is 18.7. The molecule has 200 valence electrons. The van der Waals surface area contributed by atoms with Gasteiger partial charge in [0.25, 0.3) is 5.91 Å². The summed E-state index contributed by atoms with van der Waals surface area (Å²) in [5, 5.41) is 6.41. The fourth-order valence-corrected chi connectivity index (χ4v) is 5.72. The first-order chi connectivity index (χ1) is 18.4. The molecule has 0 saturated carbocycles. The number of nitrogens with zero attached hydrogens (tertiary/aromatic N) is 2. The number of hydrogen-bond donors (Lipinski definition) is 2. The van der Waals surface area contributed by atoms with E-state index < -0.39 is 5.82 Å². The lowest BCUT2D eigenvalue weighted by Crippen LogP contribution is -2.46. The van der Waals surface area contributed by atoms with E-state index in [0.717, 1.165) is 42.6 Å². The van der Waals surface area contributed by atoms with Crippen molar-refractivity contribution in [1.82, 2.24) is 9.80 Å². The predicted molar refractivity (Wildman–Crippen MR) is 154 cm³/mol. The lowest BCUT2D eigenvalue weighted by Gasteiger charge is -2.40. The number of likely N-dealkylation sites (tertiary alicyclic amines) is 2. The third-order valence-electron chi connectivity index (χ3n) is 7.77. The summed E-state index contributed by atoms with van der Waals surface area (Å²) in [6.07, 6.45) is 6.63. The van der Waals surface area contributed by atoms with Crippen molar-refractivity contribution in [2.24, 2.45) is 0 Å². The summed E-state index contributed by atoms with van der Waals surface area (Å²) in [4.78, 5) is 18.1. The fraction of sp³-hybridized carbons (Fsp3) is 0.387. The first kappa shape index (κ1) is 26.7. The van der Waals surface area contributed by atoms with Crippen LogP contribution < -0.4 is 10.6 Å². The van der Waals surface area contributed by atoms with Crippen molar-refractivity contribution in [1.29, 1.82) is 0 Å². The average molecular weight is 535 g/mol. The average Bonchev–Trinajstić information content (AvgIpc) is 2.93. The van der Waals surface area contributed by atoms with Crippen LogP contribution in [-0.4, -0.2) is 47.9 Å². The molecule has 2 saturated heterocycles. The standard InChI is InChI=1S/C31H36ClFN4O/c1-22-19-24(7-11-29(22)35-30-12-8-25(32)20-28(30)33)31(38)34-26-9-5-23(6-10-26)21-36-17-13-27(14-18-36)37-15-3-2-4-16-37/h5-12,19-20,27,35H,2-4,13-18,21H2,1H3,(H,34,38). The molecule has 0 unspecified atom stereocenters. The molecular formula is C31H36ClFN4O. The van der Waals surface area contributed by atoms with Crippen LogP contribution >= 0.6 is 11.6 Å². The molecule has 0 bridgehead atoms. The van der Waals surface area contributed by atoms with Gasteiger partial charge in [0.1, 0.15) is 5.82 Å². The summed E-state index contributed by atoms with van der Waals surface area (Å²) in [5.41, 5.74) is 4.48. The van der Waals surface area contributed by atoms with Gasteiger partial charge in [0.2, 0.25) is 0 Å². The van der Waals surface area contributed by atoms with Gasteiger partial charge in [0, 0.05) is 34.5 Å². The Kier molecular flexibility index (Phi) is 8.62. The second kappa shape index (κ2) is 12.3. The molecular weight excluding hydrogens is 499 g/mol. The van der Waals surface area contributed by atoms with E-state index in [0.29, 0.717) is 16.3 Å². The van der Waals surface area contributed by atoms with Crippen molar-refractivity contribution in [3.05, 3.63) is 88.2 Å². The van der Waals surface area contributed by atoms with Crippen molar-refractivity contribution in [2.75, 3.05) is 36.8 Å². The molecule has 2 fully saturated rings. The van der Waals surface area contributed by atoms with Gasteiger partial charge in [-0.05, 0) is 118 Å². The largest absolute Gasteiger partial charge is 0.353 e. The minimum Gasteiger partial charge on any atom is -0.353 e. The number of amides is 1. The quantitative estimate of drug-likeness (QED) is 0.335. The molecule has 2 heterocycles. The number of halogens is 2. The Morgan fingerprint density at radius 1 is 0.921 bits per heavy atom. The van der Waals surface area contributed by atoms with Crippen molar-refractivity contribution >= 4 is 34.6 Å². The molecule has 0 atom stereocenters. The van der Waals surface area contributed by atoms with Crippen molar-refractivity contribution in [2.45, 2.75) is 51.6 Å². The van der Waals surface area contributed by atoms with Crippen LogP contribution in [0, 0.1) is 12.7 Å². The van der Waals surface area contributed by atoms with Gasteiger partial charge in [-0.2, -0.15) is 0 Å². The minimum absolute atomic E-state index is 0.176. The predicted octanol–water partition coefficient (Wildman–Crippen LogP) is 7.23.